The Morgan fingerprint density at radius 3 is 1.64 bits per heavy atom. The average Bonchev–Trinajstić information content (AvgIpc) is 4.01. The topological polar surface area (TPSA) is 43.3 Å². The first-order valence-corrected chi connectivity index (χ1v) is 20.2. The zero-order valence-electron chi connectivity index (χ0n) is 31.6. The van der Waals surface area contributed by atoms with E-state index in [9.17, 15) is 0 Å². The van der Waals surface area contributed by atoms with E-state index in [4.69, 9.17) is 9.98 Å². The van der Waals surface area contributed by atoms with Crippen molar-refractivity contribution >= 4 is 82.8 Å². The fraction of sp³-hybridized carbons (Fsp3) is 0.0769. The molecule has 6 heteroatoms. The number of allylic oxidation sites excluding steroid dienone is 3. The van der Waals surface area contributed by atoms with E-state index in [0.29, 0.717) is 5.92 Å². The van der Waals surface area contributed by atoms with Gasteiger partial charge in [0.05, 0.1) is 39.1 Å². The molecule has 13 rings (SSSR count). The third kappa shape index (κ3) is 4.37. The SMILES string of the molecule is C1=CC2c3ccccc3N(C3=NC(n4c5ccccc5c5cc6c(cc54)c4ccccc4n6-c4cccc(-n5c6ccccc6c6ccccc65)n4)=CCC3)C2C=C1. The van der Waals surface area contributed by atoms with Crippen molar-refractivity contribution in [3.8, 4) is 11.6 Å². The molecule has 58 heavy (non-hydrogen) atoms. The fourth-order valence-corrected chi connectivity index (χ4v) is 10.2. The second kappa shape index (κ2) is 12.0. The lowest BCUT2D eigenvalue weighted by Crippen LogP contribution is -2.39. The Hall–Kier alpha value is -7.44. The van der Waals surface area contributed by atoms with Crippen LogP contribution in [0.3, 0.4) is 0 Å². The number of hydrogen-bond acceptors (Lipinski definition) is 3. The van der Waals surface area contributed by atoms with Crippen molar-refractivity contribution in [2.75, 3.05) is 4.90 Å². The van der Waals surface area contributed by atoms with E-state index >= 15 is 0 Å². The summed E-state index contributed by atoms with van der Waals surface area (Å²) in [5.41, 5.74) is 9.49. The molecular formula is C52H36N6. The Bertz CT molecular complexity index is 3440. The van der Waals surface area contributed by atoms with Crippen molar-refractivity contribution in [3.63, 3.8) is 0 Å². The van der Waals surface area contributed by atoms with E-state index in [1.807, 2.05) is 0 Å². The van der Waals surface area contributed by atoms with E-state index < -0.39 is 0 Å². The number of nitrogens with zero attached hydrogens (tertiary/aromatic N) is 6. The summed E-state index contributed by atoms with van der Waals surface area (Å²) in [5, 5.41) is 7.23. The quantitative estimate of drug-likeness (QED) is 0.181. The largest absolute Gasteiger partial charge is 0.322 e. The van der Waals surface area contributed by atoms with Gasteiger partial charge in [0.1, 0.15) is 23.3 Å². The molecule has 274 valence electrons. The van der Waals surface area contributed by atoms with Crippen molar-refractivity contribution in [1.29, 1.82) is 0 Å². The van der Waals surface area contributed by atoms with Gasteiger partial charge in [0.15, 0.2) is 0 Å². The van der Waals surface area contributed by atoms with Gasteiger partial charge in [-0.25, -0.2) is 9.98 Å². The van der Waals surface area contributed by atoms with Crippen LogP contribution in [0.1, 0.15) is 24.3 Å². The van der Waals surface area contributed by atoms with Crippen molar-refractivity contribution < 1.29 is 0 Å². The van der Waals surface area contributed by atoms with Gasteiger partial charge in [-0.05, 0) is 72.7 Å². The Labute approximate surface area is 334 Å². The predicted molar refractivity (Wildman–Crippen MR) is 241 cm³/mol. The molecule has 0 saturated heterocycles. The van der Waals surface area contributed by atoms with Gasteiger partial charge in [0.2, 0.25) is 0 Å². The van der Waals surface area contributed by atoms with Gasteiger partial charge < -0.3 is 4.90 Å². The van der Waals surface area contributed by atoms with Gasteiger partial charge in [-0.2, -0.15) is 0 Å². The maximum absolute atomic E-state index is 5.56. The lowest BCUT2D eigenvalue weighted by molar-refractivity contribution is 0.746. The normalized spacial score (nSPS) is 17.6. The molecular weight excluding hydrogens is 709 g/mol. The Kier molecular flexibility index (Phi) is 6.58. The van der Waals surface area contributed by atoms with E-state index in [-0.39, 0.29) is 6.04 Å². The van der Waals surface area contributed by atoms with Crippen LogP contribution in [0.2, 0.25) is 0 Å². The number of fused-ring (bicyclic) bond motifs is 12. The fourth-order valence-electron chi connectivity index (χ4n) is 10.2. The highest BCUT2D eigenvalue weighted by molar-refractivity contribution is 6.19. The number of pyridine rings is 1. The zero-order chi connectivity index (χ0) is 37.9. The molecule has 0 bridgehead atoms. The minimum Gasteiger partial charge on any atom is -0.322 e. The van der Waals surface area contributed by atoms with Gasteiger partial charge in [0.25, 0.3) is 0 Å². The molecule has 0 amide bonds. The first-order valence-electron chi connectivity index (χ1n) is 20.2. The van der Waals surface area contributed by atoms with E-state index in [2.05, 4.69) is 201 Å². The zero-order valence-corrected chi connectivity index (χ0v) is 31.6. The smallest absolute Gasteiger partial charge is 0.140 e. The number of anilines is 1. The Morgan fingerprint density at radius 2 is 0.983 bits per heavy atom. The third-order valence-corrected chi connectivity index (χ3v) is 12.6. The summed E-state index contributed by atoms with van der Waals surface area (Å²) in [6.45, 7) is 0. The average molecular weight is 745 g/mol. The number of aromatic nitrogens is 4. The van der Waals surface area contributed by atoms with Gasteiger partial charge in [-0.1, -0.05) is 121 Å². The molecule has 2 unspecified atom stereocenters. The number of rotatable bonds is 3. The van der Waals surface area contributed by atoms with Crippen molar-refractivity contribution in [2.24, 2.45) is 4.99 Å². The van der Waals surface area contributed by atoms with Crippen molar-refractivity contribution in [3.05, 3.63) is 188 Å². The second-order valence-electron chi connectivity index (χ2n) is 15.7. The molecule has 0 radical (unpaired) electrons. The lowest BCUT2D eigenvalue weighted by atomic mass is 9.91. The van der Waals surface area contributed by atoms with Gasteiger partial charge in [-0.15, -0.1) is 0 Å². The van der Waals surface area contributed by atoms with Crippen LogP contribution in [0.25, 0.3) is 82.9 Å². The number of hydrogen-bond donors (Lipinski definition) is 0. The van der Waals surface area contributed by atoms with Crippen LogP contribution < -0.4 is 4.90 Å². The number of amidine groups is 1. The van der Waals surface area contributed by atoms with Crippen LogP contribution in [-0.2, 0) is 0 Å². The van der Waals surface area contributed by atoms with Crippen LogP contribution in [0.15, 0.2) is 187 Å². The first kappa shape index (κ1) is 31.7. The van der Waals surface area contributed by atoms with Crippen LogP contribution in [0, 0.1) is 0 Å². The molecule has 6 heterocycles. The summed E-state index contributed by atoms with van der Waals surface area (Å²) in [4.78, 5) is 13.5. The number of benzene rings is 6. The predicted octanol–water partition coefficient (Wildman–Crippen LogP) is 12.5. The summed E-state index contributed by atoms with van der Waals surface area (Å²) >= 11 is 0. The number of para-hydroxylation sites is 5. The molecule has 2 atom stereocenters. The van der Waals surface area contributed by atoms with Crippen LogP contribution in [-0.4, -0.2) is 30.6 Å². The Balaban J connectivity index is 1.01. The second-order valence-corrected chi connectivity index (χ2v) is 15.7. The summed E-state index contributed by atoms with van der Waals surface area (Å²) in [6, 6.07) is 55.0. The summed E-state index contributed by atoms with van der Waals surface area (Å²) in [6.07, 6.45) is 13.2. The van der Waals surface area contributed by atoms with E-state index in [1.165, 1.54) is 43.6 Å². The molecule has 1 aliphatic carbocycles. The molecule has 0 spiro atoms. The molecule has 6 aromatic carbocycles. The van der Waals surface area contributed by atoms with Gasteiger partial charge >= 0.3 is 0 Å². The molecule has 4 aromatic heterocycles. The standard InChI is InChI=1S/C52H36N6/c1-7-21-41-33(15-1)34-16-2-8-22-42(34)55(41)49-27-13-29-51(53-49)57-45-25-11-5-19-37(45)39-32-48-40(31-47(39)57)38-20-6-12-26-46(38)58(48)52-30-14-28-50(54-52)56-43-23-9-3-17-35(43)36-18-4-10-24-44(36)56/h1-13,15-27,29-32,35,43H,14,28H2. The summed E-state index contributed by atoms with van der Waals surface area (Å²) in [5.74, 6) is 4.20. The van der Waals surface area contributed by atoms with Crippen molar-refractivity contribution in [2.45, 2.75) is 24.8 Å². The molecule has 0 N–H and O–H groups in total. The van der Waals surface area contributed by atoms with Gasteiger partial charge in [0, 0.05) is 50.3 Å². The van der Waals surface area contributed by atoms with Gasteiger partial charge in [-0.3, -0.25) is 13.7 Å². The molecule has 0 saturated carbocycles. The summed E-state index contributed by atoms with van der Waals surface area (Å²) in [7, 11) is 0. The highest BCUT2D eigenvalue weighted by Gasteiger charge is 2.39. The molecule has 10 aromatic rings. The molecule has 0 fully saturated rings. The minimum atomic E-state index is 0.228. The minimum absolute atomic E-state index is 0.228. The lowest BCUT2D eigenvalue weighted by Gasteiger charge is -2.31. The Morgan fingerprint density at radius 1 is 0.466 bits per heavy atom. The van der Waals surface area contributed by atoms with Crippen molar-refractivity contribution in [1.82, 2.24) is 18.7 Å². The highest BCUT2D eigenvalue weighted by Crippen LogP contribution is 2.46. The molecule has 2 aliphatic heterocycles. The maximum Gasteiger partial charge on any atom is 0.140 e. The number of aliphatic imine (C=N–C) groups is 1. The third-order valence-electron chi connectivity index (χ3n) is 12.6. The highest BCUT2D eigenvalue weighted by atomic mass is 15.3. The first-order chi connectivity index (χ1) is 28.8. The monoisotopic (exact) mass is 744 g/mol. The van der Waals surface area contributed by atoms with E-state index in [1.54, 1.807) is 0 Å². The maximum atomic E-state index is 5.56. The van der Waals surface area contributed by atoms with Crippen LogP contribution in [0.5, 0.6) is 0 Å². The molecule has 3 aliphatic rings. The van der Waals surface area contributed by atoms with Crippen LogP contribution >= 0.6 is 0 Å². The van der Waals surface area contributed by atoms with E-state index in [0.717, 1.165) is 69.2 Å². The molecule has 6 nitrogen and oxygen atoms in total. The van der Waals surface area contributed by atoms with Crippen LogP contribution in [0.4, 0.5) is 5.69 Å². The summed E-state index contributed by atoms with van der Waals surface area (Å²) < 4.78 is 7.03.